The van der Waals surface area contributed by atoms with Crippen LogP contribution in [0.2, 0.25) is 0 Å². The number of alkyl halides is 3. The van der Waals surface area contributed by atoms with Crippen molar-refractivity contribution in [1.29, 1.82) is 0 Å². The van der Waals surface area contributed by atoms with E-state index in [4.69, 9.17) is 5.11 Å². The molecule has 0 amide bonds. The molecule has 0 radical (unpaired) electrons. The molecule has 1 aromatic rings. The molecule has 1 aromatic heterocycles. The maximum Gasteiger partial charge on any atom is 0.402 e. The summed E-state index contributed by atoms with van der Waals surface area (Å²) >= 11 is 1.20. The molecule has 0 aliphatic rings. The number of aliphatic hydroxyl groups is 1. The maximum atomic E-state index is 12.4. The van der Waals surface area contributed by atoms with Crippen molar-refractivity contribution in [1.82, 2.24) is 4.31 Å². The first-order valence-electron chi connectivity index (χ1n) is 5.32. The molecule has 19 heavy (non-hydrogen) atoms. The number of nitrogens with zero attached hydrogens (tertiary/aromatic N) is 1. The van der Waals surface area contributed by atoms with Gasteiger partial charge in [-0.25, -0.2) is 8.42 Å². The van der Waals surface area contributed by atoms with Crippen LogP contribution in [0.25, 0.3) is 0 Å². The van der Waals surface area contributed by atoms with E-state index in [1.54, 1.807) is 6.92 Å². The Balaban J connectivity index is 3.16. The van der Waals surface area contributed by atoms with E-state index in [1.807, 2.05) is 0 Å². The van der Waals surface area contributed by atoms with Gasteiger partial charge in [0.25, 0.3) is 0 Å². The number of aryl methyl sites for hydroxylation is 2. The summed E-state index contributed by atoms with van der Waals surface area (Å²) in [6.45, 7) is 0.351. The maximum absolute atomic E-state index is 12.4. The largest absolute Gasteiger partial charge is 0.402 e. The second kappa shape index (κ2) is 5.78. The van der Waals surface area contributed by atoms with Crippen LogP contribution in [0, 0.1) is 13.8 Å². The summed E-state index contributed by atoms with van der Waals surface area (Å²) in [6, 6.07) is 1.34. The van der Waals surface area contributed by atoms with E-state index >= 15 is 0 Å². The lowest BCUT2D eigenvalue weighted by Gasteiger charge is -2.22. The van der Waals surface area contributed by atoms with Crippen LogP contribution in [0.15, 0.2) is 11.0 Å². The van der Waals surface area contributed by atoms with Crippen molar-refractivity contribution in [2.45, 2.75) is 24.9 Å². The molecule has 0 saturated carbocycles. The molecule has 0 bridgehead atoms. The van der Waals surface area contributed by atoms with Crippen LogP contribution in [0.4, 0.5) is 13.2 Å². The van der Waals surface area contributed by atoms with Gasteiger partial charge in [-0.2, -0.15) is 17.5 Å². The molecule has 0 atom stereocenters. The van der Waals surface area contributed by atoms with Gasteiger partial charge in [0.1, 0.15) is 6.54 Å². The molecular formula is C10H14F3NO3S2. The van der Waals surface area contributed by atoms with Gasteiger partial charge in [0, 0.05) is 16.3 Å². The second-order valence-electron chi connectivity index (χ2n) is 3.95. The summed E-state index contributed by atoms with van der Waals surface area (Å²) in [4.78, 5) is 1.00. The Morgan fingerprint density at radius 2 is 1.95 bits per heavy atom. The third kappa shape index (κ3) is 4.16. The van der Waals surface area contributed by atoms with Gasteiger partial charge in [0.2, 0.25) is 10.0 Å². The minimum absolute atomic E-state index is 0.132. The van der Waals surface area contributed by atoms with E-state index in [2.05, 4.69) is 0 Å². The summed E-state index contributed by atoms with van der Waals surface area (Å²) in [6.07, 6.45) is -4.65. The monoisotopic (exact) mass is 317 g/mol. The molecule has 0 spiro atoms. The van der Waals surface area contributed by atoms with Gasteiger partial charge in [-0.05, 0) is 19.9 Å². The van der Waals surface area contributed by atoms with Crippen LogP contribution in [0.3, 0.4) is 0 Å². The van der Waals surface area contributed by atoms with Gasteiger partial charge in [0.15, 0.2) is 0 Å². The highest BCUT2D eigenvalue weighted by Gasteiger charge is 2.37. The fourth-order valence-electron chi connectivity index (χ4n) is 1.60. The van der Waals surface area contributed by atoms with Gasteiger partial charge in [-0.1, -0.05) is 0 Å². The highest BCUT2D eigenvalue weighted by Crippen LogP contribution is 2.29. The van der Waals surface area contributed by atoms with E-state index in [1.165, 1.54) is 24.3 Å². The van der Waals surface area contributed by atoms with Crippen LogP contribution in [0.1, 0.15) is 9.75 Å². The van der Waals surface area contributed by atoms with Crippen LogP contribution >= 0.6 is 11.3 Å². The first-order valence-corrected chi connectivity index (χ1v) is 7.58. The van der Waals surface area contributed by atoms with Gasteiger partial charge < -0.3 is 5.11 Å². The predicted molar refractivity (Wildman–Crippen MR) is 65.7 cm³/mol. The van der Waals surface area contributed by atoms with Gasteiger partial charge >= 0.3 is 6.18 Å². The van der Waals surface area contributed by atoms with E-state index in [9.17, 15) is 21.6 Å². The fourth-order valence-corrected chi connectivity index (χ4v) is 4.54. The molecule has 0 fully saturated rings. The minimum atomic E-state index is -4.65. The van der Waals surface area contributed by atoms with E-state index in [0.29, 0.717) is 9.75 Å². The topological polar surface area (TPSA) is 57.6 Å². The number of aliphatic hydroxyl groups excluding tert-OH is 1. The lowest BCUT2D eigenvalue weighted by Crippen LogP contribution is -2.40. The highest BCUT2D eigenvalue weighted by atomic mass is 32.2. The van der Waals surface area contributed by atoms with Crippen molar-refractivity contribution in [3.05, 3.63) is 15.8 Å². The molecule has 9 heteroatoms. The summed E-state index contributed by atoms with van der Waals surface area (Å²) in [5, 5.41) is 8.75. The Labute approximate surface area is 113 Å². The highest BCUT2D eigenvalue weighted by molar-refractivity contribution is 7.89. The van der Waals surface area contributed by atoms with Crippen molar-refractivity contribution in [3.8, 4) is 0 Å². The molecule has 1 rings (SSSR count). The normalized spacial score (nSPS) is 13.2. The van der Waals surface area contributed by atoms with Crippen LogP contribution in [-0.4, -0.2) is 43.7 Å². The Kier molecular flexibility index (Phi) is 4.99. The van der Waals surface area contributed by atoms with Gasteiger partial charge in [0.05, 0.1) is 11.5 Å². The fraction of sp³-hybridized carbons (Fsp3) is 0.600. The number of halogens is 3. The van der Waals surface area contributed by atoms with Crippen molar-refractivity contribution < 1.29 is 26.7 Å². The molecule has 0 unspecified atom stereocenters. The number of hydrogen-bond donors (Lipinski definition) is 1. The quantitative estimate of drug-likeness (QED) is 0.902. The lowest BCUT2D eigenvalue weighted by molar-refractivity contribution is -0.136. The molecule has 0 aliphatic heterocycles. The molecular weight excluding hydrogens is 303 g/mol. The van der Waals surface area contributed by atoms with E-state index < -0.39 is 35.9 Å². The van der Waals surface area contributed by atoms with Crippen LogP contribution in [0.5, 0.6) is 0 Å². The van der Waals surface area contributed by atoms with Crippen molar-refractivity contribution in [2.24, 2.45) is 0 Å². The first-order chi connectivity index (χ1) is 8.58. The molecule has 1 N–H and O–H groups in total. The standard InChI is InChI=1S/C10H14F3NO3S2/c1-7-5-9(8(2)18-7)19(16,17)14(3-4-15)6-10(11,12)13/h5,15H,3-4,6H2,1-2H3. The zero-order valence-electron chi connectivity index (χ0n) is 10.4. The van der Waals surface area contributed by atoms with Gasteiger partial charge in [-0.3, -0.25) is 0 Å². The third-order valence-electron chi connectivity index (χ3n) is 2.32. The summed E-state index contributed by atoms with van der Waals surface area (Å²) in [7, 11) is -4.24. The third-order valence-corrected chi connectivity index (χ3v) is 5.38. The number of hydrogen-bond acceptors (Lipinski definition) is 4. The smallest absolute Gasteiger partial charge is 0.395 e. The number of sulfonamides is 1. The first kappa shape index (κ1) is 16.4. The van der Waals surface area contributed by atoms with Crippen molar-refractivity contribution >= 4 is 21.4 Å². The Morgan fingerprint density at radius 3 is 2.32 bits per heavy atom. The van der Waals surface area contributed by atoms with Crippen molar-refractivity contribution in [2.75, 3.05) is 19.7 Å². The zero-order chi connectivity index (χ0) is 14.8. The summed E-state index contributed by atoms with van der Waals surface area (Å²) < 4.78 is 61.8. The van der Waals surface area contributed by atoms with Gasteiger partial charge in [-0.15, -0.1) is 11.3 Å². The lowest BCUT2D eigenvalue weighted by atomic mass is 10.4. The van der Waals surface area contributed by atoms with Crippen LogP contribution in [-0.2, 0) is 10.0 Å². The molecule has 0 saturated heterocycles. The summed E-state index contributed by atoms with van der Waals surface area (Å²) in [5.74, 6) is 0. The summed E-state index contributed by atoms with van der Waals surface area (Å²) in [5.41, 5.74) is 0. The Hall–Kier alpha value is -0.640. The number of thiophene rings is 1. The Morgan fingerprint density at radius 1 is 1.37 bits per heavy atom. The average Bonchev–Trinajstić information content (AvgIpc) is 2.56. The van der Waals surface area contributed by atoms with Crippen molar-refractivity contribution in [3.63, 3.8) is 0 Å². The SMILES string of the molecule is Cc1cc(S(=O)(=O)N(CCO)CC(F)(F)F)c(C)s1. The zero-order valence-corrected chi connectivity index (χ0v) is 12.0. The predicted octanol–water partition coefficient (Wildman–Crippen LogP) is 1.91. The molecule has 4 nitrogen and oxygen atoms in total. The molecule has 0 aliphatic carbocycles. The number of rotatable bonds is 5. The average molecular weight is 317 g/mol. The Bertz CT molecular complexity index is 537. The van der Waals surface area contributed by atoms with E-state index in [-0.39, 0.29) is 9.20 Å². The molecule has 0 aromatic carbocycles. The van der Waals surface area contributed by atoms with E-state index in [0.717, 1.165) is 0 Å². The molecule has 1 heterocycles. The van der Waals surface area contributed by atoms with Crippen LogP contribution < -0.4 is 0 Å². The second-order valence-corrected chi connectivity index (χ2v) is 7.32. The minimum Gasteiger partial charge on any atom is -0.395 e. The molecule has 110 valence electrons.